The van der Waals surface area contributed by atoms with Gasteiger partial charge in [0.2, 0.25) is 0 Å². The van der Waals surface area contributed by atoms with E-state index >= 15 is 0 Å². The smallest absolute Gasteiger partial charge is 0.321 e. The molecular formula is C16H26O4. The molecule has 2 N–H and O–H groups in total. The third-order valence-corrected chi connectivity index (χ3v) is 5.85. The number of carboxylic acids is 2. The van der Waals surface area contributed by atoms with Crippen molar-refractivity contribution in [3.8, 4) is 0 Å². The molecule has 0 aromatic carbocycles. The standard InChI is InChI=1S/C16H26O4/c1-3-10-8-12-7-5-6-11(4-2)13(12)16(9-10,14(17)18)15(19)20/h10-13H,3-9H2,1-2H3,(H,17,18)(H,19,20). The Labute approximate surface area is 120 Å². The maximum absolute atomic E-state index is 11.9. The highest BCUT2D eigenvalue weighted by Crippen LogP contribution is 2.56. The number of rotatable bonds is 4. The number of fused-ring (bicyclic) bond motifs is 1. The van der Waals surface area contributed by atoms with Crippen LogP contribution in [0.4, 0.5) is 0 Å². The predicted octanol–water partition coefficient (Wildman–Crippen LogP) is 3.40. The number of carboxylic acid groups (broad SMARTS) is 2. The minimum atomic E-state index is -1.55. The van der Waals surface area contributed by atoms with Crippen molar-refractivity contribution in [3.63, 3.8) is 0 Å². The molecule has 2 saturated carbocycles. The summed E-state index contributed by atoms with van der Waals surface area (Å²) in [6, 6.07) is 0. The number of hydrogen-bond acceptors (Lipinski definition) is 2. The van der Waals surface area contributed by atoms with Crippen molar-refractivity contribution in [1.29, 1.82) is 0 Å². The molecule has 0 amide bonds. The van der Waals surface area contributed by atoms with Crippen molar-refractivity contribution in [2.24, 2.45) is 29.1 Å². The van der Waals surface area contributed by atoms with Gasteiger partial charge >= 0.3 is 11.9 Å². The average Bonchev–Trinajstić information content (AvgIpc) is 2.44. The van der Waals surface area contributed by atoms with E-state index in [9.17, 15) is 19.8 Å². The van der Waals surface area contributed by atoms with Crippen molar-refractivity contribution in [3.05, 3.63) is 0 Å². The molecule has 20 heavy (non-hydrogen) atoms. The molecule has 0 spiro atoms. The highest BCUT2D eigenvalue weighted by atomic mass is 16.4. The third-order valence-electron chi connectivity index (χ3n) is 5.85. The van der Waals surface area contributed by atoms with E-state index in [0.717, 1.165) is 38.5 Å². The summed E-state index contributed by atoms with van der Waals surface area (Å²) in [6.07, 6.45) is 6.19. The fourth-order valence-electron chi connectivity index (χ4n) is 4.88. The van der Waals surface area contributed by atoms with Gasteiger partial charge in [-0.25, -0.2) is 0 Å². The van der Waals surface area contributed by atoms with E-state index in [0.29, 0.717) is 6.42 Å². The molecule has 2 rings (SSSR count). The molecular weight excluding hydrogens is 256 g/mol. The SMILES string of the molecule is CCC1CC2CCCC(CC)C2C(C(=O)O)(C(=O)O)C1. The van der Waals surface area contributed by atoms with Gasteiger partial charge in [0.1, 0.15) is 0 Å². The lowest BCUT2D eigenvalue weighted by atomic mass is 9.51. The zero-order valence-electron chi connectivity index (χ0n) is 12.5. The Bertz CT molecular complexity index is 376. The van der Waals surface area contributed by atoms with Crippen molar-refractivity contribution < 1.29 is 19.8 Å². The molecule has 0 aromatic heterocycles. The van der Waals surface area contributed by atoms with Gasteiger partial charge in [-0.3, -0.25) is 9.59 Å². The second-order valence-electron chi connectivity index (χ2n) is 6.68. The first-order valence-electron chi connectivity index (χ1n) is 7.94. The second-order valence-corrected chi connectivity index (χ2v) is 6.68. The van der Waals surface area contributed by atoms with Gasteiger partial charge in [-0.1, -0.05) is 46.0 Å². The molecule has 4 heteroatoms. The quantitative estimate of drug-likeness (QED) is 0.775. The monoisotopic (exact) mass is 282 g/mol. The first-order chi connectivity index (χ1) is 9.47. The first-order valence-corrected chi connectivity index (χ1v) is 7.94. The van der Waals surface area contributed by atoms with Crippen LogP contribution >= 0.6 is 0 Å². The Morgan fingerprint density at radius 3 is 2.25 bits per heavy atom. The molecule has 0 bridgehead atoms. The van der Waals surface area contributed by atoms with Gasteiger partial charge < -0.3 is 10.2 Å². The lowest BCUT2D eigenvalue weighted by Crippen LogP contribution is -2.56. The van der Waals surface area contributed by atoms with Crippen LogP contribution in [0.15, 0.2) is 0 Å². The van der Waals surface area contributed by atoms with Crippen LogP contribution in [0.3, 0.4) is 0 Å². The van der Waals surface area contributed by atoms with E-state index in [4.69, 9.17) is 0 Å². The molecule has 2 aliphatic rings. The average molecular weight is 282 g/mol. The zero-order chi connectivity index (χ0) is 14.9. The summed E-state index contributed by atoms with van der Waals surface area (Å²) in [5.74, 6) is -1.64. The van der Waals surface area contributed by atoms with Crippen molar-refractivity contribution in [1.82, 2.24) is 0 Å². The molecule has 0 aliphatic heterocycles. The lowest BCUT2D eigenvalue weighted by molar-refractivity contribution is -0.183. The van der Waals surface area contributed by atoms with Gasteiger partial charge in [-0.15, -0.1) is 0 Å². The van der Waals surface area contributed by atoms with Crippen LogP contribution in [0.2, 0.25) is 0 Å². The number of carbonyl (C=O) groups is 2. The topological polar surface area (TPSA) is 74.6 Å². The maximum atomic E-state index is 11.9. The lowest BCUT2D eigenvalue weighted by Gasteiger charge is -2.51. The molecule has 2 aliphatic carbocycles. The van der Waals surface area contributed by atoms with E-state index in [1.165, 1.54) is 0 Å². The van der Waals surface area contributed by atoms with E-state index < -0.39 is 17.4 Å². The molecule has 4 atom stereocenters. The number of aliphatic carboxylic acids is 2. The van der Waals surface area contributed by atoms with Crippen molar-refractivity contribution >= 4 is 11.9 Å². The normalized spacial score (nSPS) is 36.1. The molecule has 0 radical (unpaired) electrons. The molecule has 0 heterocycles. The van der Waals surface area contributed by atoms with Crippen LogP contribution in [0, 0.1) is 29.1 Å². The van der Waals surface area contributed by atoms with Crippen LogP contribution in [0.25, 0.3) is 0 Å². The molecule has 4 nitrogen and oxygen atoms in total. The van der Waals surface area contributed by atoms with E-state index in [2.05, 4.69) is 6.92 Å². The Hall–Kier alpha value is -1.06. The molecule has 0 aromatic rings. The van der Waals surface area contributed by atoms with Gasteiger partial charge in [-0.2, -0.15) is 0 Å². The Kier molecular flexibility index (Phi) is 4.40. The van der Waals surface area contributed by atoms with Crippen LogP contribution in [0.1, 0.15) is 58.8 Å². The van der Waals surface area contributed by atoms with Gasteiger partial charge in [0.25, 0.3) is 0 Å². The minimum Gasteiger partial charge on any atom is -0.480 e. The molecule has 2 fully saturated rings. The first kappa shape index (κ1) is 15.3. The van der Waals surface area contributed by atoms with E-state index in [1.807, 2.05) is 6.92 Å². The summed E-state index contributed by atoms with van der Waals surface area (Å²) in [6.45, 7) is 4.10. The van der Waals surface area contributed by atoms with Gasteiger partial charge in [0.05, 0.1) is 0 Å². The Morgan fingerprint density at radius 2 is 1.75 bits per heavy atom. The third kappa shape index (κ3) is 2.23. The van der Waals surface area contributed by atoms with Crippen molar-refractivity contribution in [2.75, 3.05) is 0 Å². The van der Waals surface area contributed by atoms with E-state index in [1.54, 1.807) is 0 Å². The van der Waals surface area contributed by atoms with Crippen molar-refractivity contribution in [2.45, 2.75) is 58.8 Å². The maximum Gasteiger partial charge on any atom is 0.321 e. The van der Waals surface area contributed by atoms with E-state index in [-0.39, 0.29) is 23.7 Å². The van der Waals surface area contributed by atoms with Crippen LogP contribution in [-0.2, 0) is 9.59 Å². The van der Waals surface area contributed by atoms with Crippen LogP contribution in [-0.4, -0.2) is 22.2 Å². The zero-order valence-corrected chi connectivity index (χ0v) is 12.5. The summed E-state index contributed by atoms with van der Waals surface area (Å²) >= 11 is 0. The van der Waals surface area contributed by atoms with Gasteiger partial charge in [-0.05, 0) is 36.5 Å². The highest BCUT2D eigenvalue weighted by Gasteiger charge is 2.61. The fraction of sp³-hybridized carbons (Fsp3) is 0.875. The van der Waals surface area contributed by atoms with Crippen LogP contribution < -0.4 is 0 Å². The summed E-state index contributed by atoms with van der Waals surface area (Å²) in [7, 11) is 0. The summed E-state index contributed by atoms with van der Waals surface area (Å²) in [5.41, 5.74) is -1.55. The van der Waals surface area contributed by atoms with Gasteiger partial charge in [0, 0.05) is 0 Å². The summed E-state index contributed by atoms with van der Waals surface area (Å²) in [5, 5.41) is 19.5. The summed E-state index contributed by atoms with van der Waals surface area (Å²) < 4.78 is 0. The summed E-state index contributed by atoms with van der Waals surface area (Å²) in [4.78, 5) is 23.8. The molecule has 4 unspecified atom stereocenters. The fourth-order valence-corrected chi connectivity index (χ4v) is 4.88. The van der Waals surface area contributed by atoms with Crippen LogP contribution in [0.5, 0.6) is 0 Å². The predicted molar refractivity (Wildman–Crippen MR) is 75.3 cm³/mol. The van der Waals surface area contributed by atoms with Gasteiger partial charge in [0.15, 0.2) is 5.41 Å². The highest BCUT2D eigenvalue weighted by molar-refractivity contribution is 5.98. The largest absolute Gasteiger partial charge is 0.480 e. The molecule has 0 saturated heterocycles. The Morgan fingerprint density at radius 1 is 1.10 bits per heavy atom. The minimum absolute atomic E-state index is 0.181. The second kappa shape index (κ2) is 5.74. The number of hydrogen-bond donors (Lipinski definition) is 2. The molecule has 114 valence electrons. The Balaban J connectivity index is 2.46.